The van der Waals surface area contributed by atoms with Gasteiger partial charge in [-0.15, -0.1) is 0 Å². The van der Waals surface area contributed by atoms with E-state index < -0.39 is 0 Å². The summed E-state index contributed by atoms with van der Waals surface area (Å²) in [6, 6.07) is 2.08. The summed E-state index contributed by atoms with van der Waals surface area (Å²) in [7, 11) is 1.68. The van der Waals surface area contributed by atoms with Gasteiger partial charge in [-0.25, -0.2) is 4.98 Å². The Bertz CT molecular complexity index is 487. The first-order valence-electron chi connectivity index (χ1n) is 6.40. The Labute approximate surface area is 116 Å². The number of aromatic nitrogens is 1. The van der Waals surface area contributed by atoms with E-state index in [1.807, 2.05) is 6.20 Å². The van der Waals surface area contributed by atoms with Crippen molar-refractivity contribution in [3.8, 4) is 5.75 Å². The van der Waals surface area contributed by atoms with Crippen LogP contribution in [0.2, 0.25) is 0 Å². The van der Waals surface area contributed by atoms with Crippen LogP contribution >= 0.6 is 15.9 Å². The van der Waals surface area contributed by atoms with Gasteiger partial charge in [0.2, 0.25) is 0 Å². The first-order chi connectivity index (χ1) is 8.79. The van der Waals surface area contributed by atoms with E-state index in [0.29, 0.717) is 5.92 Å². The lowest BCUT2D eigenvalue weighted by Crippen LogP contribution is -2.34. The van der Waals surface area contributed by atoms with Crippen molar-refractivity contribution in [3.63, 3.8) is 0 Å². The van der Waals surface area contributed by atoms with Crippen LogP contribution in [0.15, 0.2) is 22.9 Å². The topological polar surface area (TPSA) is 34.1 Å². The van der Waals surface area contributed by atoms with Crippen molar-refractivity contribution in [1.29, 1.82) is 0 Å². The molecule has 1 aromatic rings. The molecule has 2 aliphatic rings. The molecule has 3 nitrogen and oxygen atoms in total. The molecular formula is C14H17BrN2O. The minimum absolute atomic E-state index is 0.645. The first kappa shape index (κ1) is 12.2. The van der Waals surface area contributed by atoms with Crippen LogP contribution in [0.4, 0.5) is 0 Å². The molecule has 0 amide bonds. The third-order valence-electron chi connectivity index (χ3n) is 4.03. The van der Waals surface area contributed by atoms with E-state index >= 15 is 0 Å². The number of rotatable bonds is 2. The summed E-state index contributed by atoms with van der Waals surface area (Å²) in [5, 5.41) is 3.49. The molecule has 1 aliphatic carbocycles. The summed E-state index contributed by atoms with van der Waals surface area (Å²) >= 11 is 3.40. The second-order valence-electron chi connectivity index (χ2n) is 4.97. The Morgan fingerprint density at radius 2 is 2.39 bits per heavy atom. The van der Waals surface area contributed by atoms with Crippen LogP contribution in [0.1, 0.15) is 18.4 Å². The minimum atomic E-state index is 0.645. The van der Waals surface area contributed by atoms with Crippen LogP contribution in [0, 0.1) is 11.8 Å². The van der Waals surface area contributed by atoms with Crippen molar-refractivity contribution in [2.75, 3.05) is 20.2 Å². The Morgan fingerprint density at radius 1 is 1.50 bits per heavy atom. The van der Waals surface area contributed by atoms with Crippen molar-refractivity contribution in [1.82, 2.24) is 10.3 Å². The largest absolute Gasteiger partial charge is 0.494 e. The van der Waals surface area contributed by atoms with E-state index in [1.54, 1.807) is 7.11 Å². The van der Waals surface area contributed by atoms with Gasteiger partial charge in [0.25, 0.3) is 0 Å². The fraction of sp³-hybridized carbons (Fsp3) is 0.500. The lowest BCUT2D eigenvalue weighted by Gasteiger charge is -2.28. The quantitative estimate of drug-likeness (QED) is 0.853. The number of fused-ring (bicyclic) bond motifs is 1. The highest BCUT2D eigenvalue weighted by atomic mass is 79.9. The van der Waals surface area contributed by atoms with Gasteiger partial charge in [0.05, 0.1) is 7.11 Å². The predicted octanol–water partition coefficient (Wildman–Crippen LogP) is 2.87. The van der Waals surface area contributed by atoms with Crippen molar-refractivity contribution in [3.05, 3.63) is 28.5 Å². The van der Waals surface area contributed by atoms with E-state index in [9.17, 15) is 0 Å². The highest BCUT2D eigenvalue weighted by Crippen LogP contribution is 2.41. The number of nitrogens with zero attached hydrogens (tertiary/aromatic N) is 1. The summed E-state index contributed by atoms with van der Waals surface area (Å²) < 4.78 is 6.10. The molecule has 0 saturated carbocycles. The van der Waals surface area contributed by atoms with E-state index in [-0.39, 0.29) is 0 Å². The van der Waals surface area contributed by atoms with E-state index in [4.69, 9.17) is 4.74 Å². The minimum Gasteiger partial charge on any atom is -0.494 e. The molecule has 1 saturated heterocycles. The molecule has 1 aromatic heterocycles. The van der Waals surface area contributed by atoms with Crippen LogP contribution in [0.25, 0.3) is 5.57 Å². The molecule has 1 fully saturated rings. The Balaban J connectivity index is 1.91. The predicted molar refractivity (Wildman–Crippen MR) is 75.5 cm³/mol. The second kappa shape index (κ2) is 5.02. The number of piperidine rings is 1. The zero-order valence-corrected chi connectivity index (χ0v) is 12.0. The lowest BCUT2D eigenvalue weighted by molar-refractivity contribution is 0.328. The van der Waals surface area contributed by atoms with Gasteiger partial charge in [-0.2, -0.15) is 0 Å². The number of pyridine rings is 1. The van der Waals surface area contributed by atoms with Crippen LogP contribution in [-0.4, -0.2) is 25.2 Å². The summed E-state index contributed by atoms with van der Waals surface area (Å²) in [5.74, 6) is 2.27. The van der Waals surface area contributed by atoms with Gasteiger partial charge in [0.15, 0.2) is 5.75 Å². The number of ether oxygens (including phenoxy) is 1. The maximum atomic E-state index is 5.33. The van der Waals surface area contributed by atoms with E-state index in [2.05, 4.69) is 38.4 Å². The van der Waals surface area contributed by atoms with Gasteiger partial charge in [0.1, 0.15) is 4.60 Å². The summed E-state index contributed by atoms with van der Waals surface area (Å²) in [6.45, 7) is 2.25. The maximum Gasteiger partial charge on any atom is 0.152 e. The lowest BCUT2D eigenvalue weighted by atomic mass is 9.84. The third kappa shape index (κ3) is 2.08. The molecule has 1 N–H and O–H groups in total. The molecule has 3 rings (SSSR count). The standard InChI is InChI=1S/C14H17BrN2O/c1-18-13-6-10(7-17-14(13)15)11-3-2-9-4-5-16-8-12(9)11/h3,6-7,9,12,16H,2,4-5,8H2,1H3. The number of allylic oxidation sites excluding steroid dienone is 1. The van der Waals surface area contributed by atoms with Gasteiger partial charge >= 0.3 is 0 Å². The molecule has 96 valence electrons. The van der Waals surface area contributed by atoms with Gasteiger partial charge in [-0.3, -0.25) is 0 Å². The molecule has 2 atom stereocenters. The number of hydrogen-bond acceptors (Lipinski definition) is 3. The number of halogens is 1. The van der Waals surface area contributed by atoms with E-state index in [1.165, 1.54) is 24.0 Å². The molecule has 0 spiro atoms. The summed E-state index contributed by atoms with van der Waals surface area (Å²) in [6.07, 6.45) is 6.81. The third-order valence-corrected chi connectivity index (χ3v) is 4.62. The molecule has 18 heavy (non-hydrogen) atoms. The molecule has 0 aromatic carbocycles. The van der Waals surface area contributed by atoms with Gasteiger partial charge in [0, 0.05) is 12.7 Å². The van der Waals surface area contributed by atoms with Crippen molar-refractivity contribution < 1.29 is 4.74 Å². The highest BCUT2D eigenvalue weighted by Gasteiger charge is 2.32. The van der Waals surface area contributed by atoms with E-state index in [0.717, 1.165) is 29.4 Å². The molecule has 0 bridgehead atoms. The Kier molecular flexibility index (Phi) is 3.39. The number of nitrogens with one attached hydrogen (secondary N) is 1. The fourth-order valence-electron chi connectivity index (χ4n) is 3.05. The Morgan fingerprint density at radius 3 is 3.22 bits per heavy atom. The van der Waals surface area contributed by atoms with Gasteiger partial charge < -0.3 is 10.1 Å². The van der Waals surface area contributed by atoms with Crippen LogP contribution < -0.4 is 10.1 Å². The second-order valence-corrected chi connectivity index (χ2v) is 5.72. The smallest absolute Gasteiger partial charge is 0.152 e. The number of hydrogen-bond donors (Lipinski definition) is 1. The molecule has 2 heterocycles. The zero-order valence-electron chi connectivity index (χ0n) is 10.4. The van der Waals surface area contributed by atoms with Gasteiger partial charge in [-0.1, -0.05) is 6.08 Å². The average molecular weight is 309 g/mol. The summed E-state index contributed by atoms with van der Waals surface area (Å²) in [5.41, 5.74) is 2.64. The van der Waals surface area contributed by atoms with Gasteiger partial charge in [-0.05, 0) is 64.4 Å². The number of methoxy groups -OCH3 is 1. The van der Waals surface area contributed by atoms with Crippen molar-refractivity contribution >= 4 is 21.5 Å². The highest BCUT2D eigenvalue weighted by molar-refractivity contribution is 9.10. The fourth-order valence-corrected chi connectivity index (χ4v) is 3.43. The Hall–Kier alpha value is -0.870. The zero-order chi connectivity index (χ0) is 12.5. The van der Waals surface area contributed by atoms with Crippen LogP contribution in [-0.2, 0) is 0 Å². The van der Waals surface area contributed by atoms with Crippen LogP contribution in [0.3, 0.4) is 0 Å². The first-order valence-corrected chi connectivity index (χ1v) is 7.19. The molecule has 1 aliphatic heterocycles. The normalized spacial score (nSPS) is 26.7. The summed E-state index contributed by atoms with van der Waals surface area (Å²) in [4.78, 5) is 4.36. The average Bonchev–Trinajstić information content (AvgIpc) is 2.83. The molecular weight excluding hydrogens is 292 g/mol. The molecule has 4 heteroatoms. The SMILES string of the molecule is COc1cc(C2=CCC3CCNCC23)cnc1Br. The van der Waals surface area contributed by atoms with Crippen LogP contribution in [0.5, 0.6) is 5.75 Å². The maximum absolute atomic E-state index is 5.33. The monoisotopic (exact) mass is 308 g/mol. The molecule has 0 radical (unpaired) electrons. The van der Waals surface area contributed by atoms with Crippen molar-refractivity contribution in [2.24, 2.45) is 11.8 Å². The van der Waals surface area contributed by atoms with Crippen molar-refractivity contribution in [2.45, 2.75) is 12.8 Å². The molecule has 2 unspecified atom stereocenters.